The van der Waals surface area contributed by atoms with Crippen molar-refractivity contribution in [1.29, 1.82) is 0 Å². The van der Waals surface area contributed by atoms with Crippen molar-refractivity contribution in [2.24, 2.45) is 0 Å². The van der Waals surface area contributed by atoms with Crippen LogP contribution in [0.3, 0.4) is 0 Å². The Balaban J connectivity index is 1.66. The number of hydrogen-bond donors (Lipinski definition) is 3. The van der Waals surface area contributed by atoms with Crippen LogP contribution >= 0.6 is 0 Å². The molecule has 34 heavy (non-hydrogen) atoms. The van der Waals surface area contributed by atoms with Crippen LogP contribution < -0.4 is 30.3 Å². The van der Waals surface area contributed by atoms with Gasteiger partial charge in [0.05, 0.1) is 38.7 Å². The summed E-state index contributed by atoms with van der Waals surface area (Å²) in [7, 11) is 6.81. The van der Waals surface area contributed by atoms with Crippen molar-refractivity contribution in [3.63, 3.8) is 0 Å². The third-order valence-corrected chi connectivity index (χ3v) is 5.46. The number of urea groups is 1. The molecular formula is C24H33N5O5. The van der Waals surface area contributed by atoms with Gasteiger partial charge in [-0.05, 0) is 30.3 Å². The number of nitrogens with zero attached hydrogens (tertiary/aromatic N) is 2. The lowest BCUT2D eigenvalue weighted by molar-refractivity contribution is 0.0383. The third-order valence-electron chi connectivity index (χ3n) is 5.46. The van der Waals surface area contributed by atoms with Crippen molar-refractivity contribution in [2.45, 2.75) is 0 Å². The largest absolute Gasteiger partial charge is 0.497 e. The molecule has 0 aliphatic carbocycles. The van der Waals surface area contributed by atoms with Crippen LogP contribution in [-0.2, 0) is 4.74 Å². The van der Waals surface area contributed by atoms with E-state index in [1.165, 1.54) is 7.11 Å². The number of rotatable bonds is 9. The highest BCUT2D eigenvalue weighted by Gasteiger charge is 2.16. The Kier molecular flexibility index (Phi) is 8.94. The average molecular weight is 472 g/mol. The van der Waals surface area contributed by atoms with Crippen LogP contribution in [0.1, 0.15) is 10.4 Å². The summed E-state index contributed by atoms with van der Waals surface area (Å²) in [6.07, 6.45) is 0. The fourth-order valence-electron chi connectivity index (χ4n) is 3.62. The van der Waals surface area contributed by atoms with Gasteiger partial charge < -0.3 is 35.1 Å². The summed E-state index contributed by atoms with van der Waals surface area (Å²) in [6, 6.07) is 9.87. The number of carbonyl (C=O) groups excluding carboxylic acids is 2. The molecule has 10 nitrogen and oxygen atoms in total. The van der Waals surface area contributed by atoms with Crippen molar-refractivity contribution in [2.75, 3.05) is 83.2 Å². The molecule has 3 N–H and O–H groups in total. The lowest BCUT2D eigenvalue weighted by Crippen LogP contribution is -2.41. The van der Waals surface area contributed by atoms with Crippen LogP contribution in [0.15, 0.2) is 36.4 Å². The number of hydrogen-bond acceptors (Lipinski definition) is 7. The minimum atomic E-state index is -0.459. The Labute approximate surface area is 200 Å². The van der Waals surface area contributed by atoms with Crippen LogP contribution in [0.5, 0.6) is 11.5 Å². The first-order valence-corrected chi connectivity index (χ1v) is 11.1. The molecule has 0 atom stereocenters. The molecule has 1 aliphatic heterocycles. The summed E-state index contributed by atoms with van der Waals surface area (Å²) in [6.45, 7) is 4.46. The second-order valence-electron chi connectivity index (χ2n) is 7.98. The van der Waals surface area contributed by atoms with Gasteiger partial charge in [0.1, 0.15) is 11.5 Å². The van der Waals surface area contributed by atoms with Gasteiger partial charge >= 0.3 is 6.03 Å². The maximum Gasteiger partial charge on any atom is 0.323 e. The number of nitrogens with one attached hydrogen (secondary N) is 3. The molecule has 0 spiro atoms. The average Bonchev–Trinajstić information content (AvgIpc) is 2.84. The second-order valence-corrected chi connectivity index (χ2v) is 7.98. The predicted octanol–water partition coefficient (Wildman–Crippen LogP) is 2.48. The first kappa shape index (κ1) is 25.1. The highest BCUT2D eigenvalue weighted by Crippen LogP contribution is 2.29. The summed E-state index contributed by atoms with van der Waals surface area (Å²) in [4.78, 5) is 29.7. The van der Waals surface area contributed by atoms with Gasteiger partial charge in [0.2, 0.25) is 0 Å². The standard InChI is InChI=1S/C24H33N5O5/c1-28(2)21-8-5-17(15-19(21)23(30)25-9-10-29-11-13-34-14-12-29)26-24(31)27-20-7-6-18(32-3)16-22(20)33-4/h5-8,15-16H,9-14H2,1-4H3,(H,25,30)(H2,26,27,31). The summed E-state index contributed by atoms with van der Waals surface area (Å²) in [5, 5.41) is 8.53. The van der Waals surface area contributed by atoms with E-state index in [0.29, 0.717) is 35.0 Å². The monoisotopic (exact) mass is 471 g/mol. The van der Waals surface area contributed by atoms with E-state index in [9.17, 15) is 9.59 Å². The van der Waals surface area contributed by atoms with Crippen molar-refractivity contribution in [1.82, 2.24) is 10.2 Å². The molecule has 1 heterocycles. The Morgan fingerprint density at radius 2 is 1.79 bits per heavy atom. The van der Waals surface area contributed by atoms with E-state index >= 15 is 0 Å². The molecule has 2 aromatic carbocycles. The van der Waals surface area contributed by atoms with Gasteiger partial charge in [0, 0.05) is 57.7 Å². The molecule has 0 saturated carbocycles. The highest BCUT2D eigenvalue weighted by atomic mass is 16.5. The molecule has 2 aromatic rings. The molecule has 0 aromatic heterocycles. The van der Waals surface area contributed by atoms with Crippen LogP contribution in [0, 0.1) is 0 Å². The number of methoxy groups -OCH3 is 2. The van der Waals surface area contributed by atoms with Gasteiger partial charge in [-0.15, -0.1) is 0 Å². The molecule has 0 unspecified atom stereocenters. The number of morpholine rings is 1. The minimum Gasteiger partial charge on any atom is -0.497 e. The zero-order chi connectivity index (χ0) is 24.5. The van der Waals surface area contributed by atoms with E-state index in [0.717, 1.165) is 38.5 Å². The Morgan fingerprint density at radius 3 is 2.47 bits per heavy atom. The molecule has 0 bridgehead atoms. The number of anilines is 3. The summed E-state index contributed by atoms with van der Waals surface area (Å²) >= 11 is 0. The zero-order valence-electron chi connectivity index (χ0n) is 20.1. The topological polar surface area (TPSA) is 104 Å². The Bertz CT molecular complexity index is 992. The van der Waals surface area contributed by atoms with E-state index in [-0.39, 0.29) is 5.91 Å². The van der Waals surface area contributed by atoms with Crippen LogP contribution in [-0.4, -0.2) is 84.5 Å². The molecule has 3 amide bonds. The lowest BCUT2D eigenvalue weighted by Gasteiger charge is -2.26. The number of benzene rings is 2. The summed E-state index contributed by atoms with van der Waals surface area (Å²) in [5.74, 6) is 0.891. The quantitative estimate of drug-likeness (QED) is 0.516. The van der Waals surface area contributed by atoms with E-state index in [1.54, 1.807) is 43.5 Å². The maximum absolute atomic E-state index is 12.9. The van der Waals surface area contributed by atoms with E-state index in [4.69, 9.17) is 14.2 Å². The van der Waals surface area contributed by atoms with Gasteiger partial charge in [0.25, 0.3) is 5.91 Å². The van der Waals surface area contributed by atoms with Crippen molar-refractivity contribution in [3.8, 4) is 11.5 Å². The fourth-order valence-corrected chi connectivity index (χ4v) is 3.62. The van der Waals surface area contributed by atoms with Crippen LogP contribution in [0.4, 0.5) is 21.9 Å². The highest BCUT2D eigenvalue weighted by molar-refractivity contribution is 6.04. The first-order chi connectivity index (χ1) is 16.4. The van der Waals surface area contributed by atoms with Gasteiger partial charge in [-0.2, -0.15) is 0 Å². The fraction of sp³-hybridized carbons (Fsp3) is 0.417. The van der Waals surface area contributed by atoms with Gasteiger partial charge in [0.15, 0.2) is 0 Å². The summed E-state index contributed by atoms with van der Waals surface area (Å²) < 4.78 is 15.9. The zero-order valence-corrected chi connectivity index (χ0v) is 20.1. The molecule has 184 valence electrons. The van der Waals surface area contributed by atoms with Gasteiger partial charge in [-0.3, -0.25) is 9.69 Å². The third kappa shape index (κ3) is 6.75. The molecule has 1 aliphatic rings. The van der Waals surface area contributed by atoms with E-state index in [2.05, 4.69) is 20.9 Å². The van der Waals surface area contributed by atoms with Crippen molar-refractivity contribution in [3.05, 3.63) is 42.0 Å². The molecule has 1 saturated heterocycles. The number of ether oxygens (including phenoxy) is 3. The Morgan fingerprint density at radius 1 is 1.03 bits per heavy atom. The molecular weight excluding hydrogens is 438 g/mol. The Hall–Kier alpha value is -3.50. The van der Waals surface area contributed by atoms with Crippen LogP contribution in [0.2, 0.25) is 0 Å². The lowest BCUT2D eigenvalue weighted by atomic mass is 10.1. The maximum atomic E-state index is 12.9. The first-order valence-electron chi connectivity index (χ1n) is 11.1. The molecule has 1 fully saturated rings. The smallest absolute Gasteiger partial charge is 0.323 e. The molecule has 10 heteroatoms. The van der Waals surface area contributed by atoms with Crippen molar-refractivity contribution < 1.29 is 23.8 Å². The number of amides is 3. The predicted molar refractivity (Wildman–Crippen MR) is 133 cm³/mol. The number of carbonyl (C=O) groups is 2. The summed E-state index contributed by atoms with van der Waals surface area (Å²) in [5.41, 5.74) is 2.22. The molecule has 3 rings (SSSR count). The van der Waals surface area contributed by atoms with Gasteiger partial charge in [-0.1, -0.05) is 0 Å². The van der Waals surface area contributed by atoms with Crippen molar-refractivity contribution >= 4 is 29.0 Å². The molecule has 0 radical (unpaired) electrons. The van der Waals surface area contributed by atoms with Crippen LogP contribution in [0.25, 0.3) is 0 Å². The van der Waals surface area contributed by atoms with E-state index < -0.39 is 6.03 Å². The van der Waals surface area contributed by atoms with E-state index in [1.807, 2.05) is 19.0 Å². The van der Waals surface area contributed by atoms with Gasteiger partial charge in [-0.25, -0.2) is 4.79 Å². The second kappa shape index (κ2) is 12.1. The minimum absolute atomic E-state index is 0.196. The SMILES string of the molecule is COc1ccc(NC(=O)Nc2ccc(N(C)C)c(C(=O)NCCN3CCOCC3)c2)c(OC)c1. The normalized spacial score (nSPS) is 13.6.